The summed E-state index contributed by atoms with van der Waals surface area (Å²) in [5.74, 6) is 0.0373. The number of hydrogen-bond acceptors (Lipinski definition) is 4. The highest BCUT2D eigenvalue weighted by molar-refractivity contribution is 6.31. The van der Waals surface area contributed by atoms with Gasteiger partial charge in [0.2, 0.25) is 0 Å². The van der Waals surface area contributed by atoms with Crippen molar-refractivity contribution in [1.29, 1.82) is 5.41 Å². The summed E-state index contributed by atoms with van der Waals surface area (Å²) in [6, 6.07) is 5.48. The van der Waals surface area contributed by atoms with Crippen LogP contribution in [0.4, 0.5) is 5.69 Å². The molecule has 0 aliphatic carbocycles. The molecule has 0 spiro atoms. The van der Waals surface area contributed by atoms with Crippen molar-refractivity contribution in [3.63, 3.8) is 0 Å². The lowest BCUT2D eigenvalue weighted by Gasteiger charge is -2.36. The molecule has 1 saturated heterocycles. The van der Waals surface area contributed by atoms with Crippen LogP contribution in [0, 0.1) is 5.41 Å². The number of nitrogens with two attached hydrogens (primary N) is 1. The molecule has 19 heavy (non-hydrogen) atoms. The van der Waals surface area contributed by atoms with Gasteiger partial charge in [0.1, 0.15) is 5.84 Å². The van der Waals surface area contributed by atoms with E-state index in [1.165, 1.54) is 0 Å². The molecular formula is C13H19ClN4O. The maximum Gasteiger partial charge on any atom is 0.124 e. The van der Waals surface area contributed by atoms with E-state index in [0.717, 1.165) is 31.9 Å². The summed E-state index contributed by atoms with van der Waals surface area (Å²) in [6.45, 7) is 4.44. The zero-order valence-corrected chi connectivity index (χ0v) is 11.5. The topological polar surface area (TPSA) is 76.6 Å². The molecule has 6 heteroatoms. The normalized spacial score (nSPS) is 16.6. The van der Waals surface area contributed by atoms with Gasteiger partial charge in [-0.15, -0.1) is 0 Å². The fourth-order valence-electron chi connectivity index (χ4n) is 2.35. The van der Waals surface area contributed by atoms with Crippen molar-refractivity contribution < 1.29 is 5.11 Å². The Labute approximate surface area is 118 Å². The molecule has 0 amide bonds. The first kappa shape index (κ1) is 14.1. The number of aliphatic hydroxyl groups is 1. The van der Waals surface area contributed by atoms with Gasteiger partial charge < -0.3 is 15.7 Å². The maximum absolute atomic E-state index is 8.93. The first-order valence-electron chi connectivity index (χ1n) is 6.34. The van der Waals surface area contributed by atoms with Crippen LogP contribution in [0.3, 0.4) is 0 Å². The van der Waals surface area contributed by atoms with Crippen molar-refractivity contribution in [2.45, 2.75) is 0 Å². The summed E-state index contributed by atoms with van der Waals surface area (Å²) in [6.07, 6.45) is 0. The summed E-state index contributed by atoms with van der Waals surface area (Å²) in [4.78, 5) is 4.43. The van der Waals surface area contributed by atoms with E-state index < -0.39 is 0 Å². The molecule has 104 valence electrons. The number of β-amino-alcohol motifs (C(OH)–C–C–N with tert-alkyl or cyclic N) is 1. The molecule has 0 bridgehead atoms. The minimum absolute atomic E-state index is 0.0373. The average molecular weight is 283 g/mol. The van der Waals surface area contributed by atoms with E-state index in [9.17, 15) is 0 Å². The van der Waals surface area contributed by atoms with Crippen molar-refractivity contribution in [1.82, 2.24) is 4.90 Å². The Balaban J connectivity index is 2.13. The van der Waals surface area contributed by atoms with Gasteiger partial charge in [0.25, 0.3) is 0 Å². The SMILES string of the molecule is N=C(N)c1cc(Cl)ccc1N1CCN(CCO)CC1. The Bertz CT molecular complexity index is 458. The molecule has 1 fully saturated rings. The highest BCUT2D eigenvalue weighted by Crippen LogP contribution is 2.25. The molecule has 1 aliphatic rings. The van der Waals surface area contributed by atoms with Crippen LogP contribution in [0.2, 0.25) is 5.02 Å². The monoisotopic (exact) mass is 282 g/mol. The number of halogens is 1. The second-order valence-corrected chi connectivity index (χ2v) is 5.06. The fourth-order valence-corrected chi connectivity index (χ4v) is 2.53. The lowest BCUT2D eigenvalue weighted by molar-refractivity contribution is 0.189. The van der Waals surface area contributed by atoms with Gasteiger partial charge in [0.05, 0.1) is 6.61 Å². The third kappa shape index (κ3) is 3.37. The molecule has 1 aliphatic heterocycles. The zero-order valence-electron chi connectivity index (χ0n) is 10.8. The average Bonchev–Trinajstić information content (AvgIpc) is 2.40. The van der Waals surface area contributed by atoms with Crippen molar-refractivity contribution in [2.75, 3.05) is 44.2 Å². The van der Waals surface area contributed by atoms with Crippen LogP contribution >= 0.6 is 11.6 Å². The number of nitrogens with one attached hydrogen (secondary N) is 1. The van der Waals surface area contributed by atoms with Crippen LogP contribution in [0.25, 0.3) is 0 Å². The number of rotatable bonds is 4. The van der Waals surface area contributed by atoms with Crippen LogP contribution < -0.4 is 10.6 Å². The number of anilines is 1. The Morgan fingerprint density at radius 3 is 2.58 bits per heavy atom. The number of amidine groups is 1. The Morgan fingerprint density at radius 2 is 2.00 bits per heavy atom. The smallest absolute Gasteiger partial charge is 0.124 e. The minimum atomic E-state index is 0.0373. The van der Waals surface area contributed by atoms with E-state index in [2.05, 4.69) is 9.80 Å². The summed E-state index contributed by atoms with van der Waals surface area (Å²) in [7, 11) is 0. The van der Waals surface area contributed by atoms with Gasteiger partial charge in [-0.3, -0.25) is 10.3 Å². The largest absolute Gasteiger partial charge is 0.395 e. The molecule has 1 aromatic carbocycles. The first-order chi connectivity index (χ1) is 9.11. The van der Waals surface area contributed by atoms with Gasteiger partial charge in [0, 0.05) is 49.0 Å². The Hall–Kier alpha value is -1.30. The number of benzene rings is 1. The van der Waals surface area contributed by atoms with Crippen LogP contribution in [-0.4, -0.2) is 55.2 Å². The summed E-state index contributed by atoms with van der Waals surface area (Å²) >= 11 is 5.96. The number of nitrogens with zero attached hydrogens (tertiary/aromatic N) is 2. The zero-order chi connectivity index (χ0) is 13.8. The van der Waals surface area contributed by atoms with Gasteiger partial charge in [-0.1, -0.05) is 11.6 Å². The molecule has 0 atom stereocenters. The van der Waals surface area contributed by atoms with E-state index in [0.29, 0.717) is 17.1 Å². The van der Waals surface area contributed by atoms with Gasteiger partial charge >= 0.3 is 0 Å². The molecule has 2 rings (SSSR count). The van der Waals surface area contributed by atoms with Crippen LogP contribution in [0.5, 0.6) is 0 Å². The second kappa shape index (κ2) is 6.23. The first-order valence-corrected chi connectivity index (χ1v) is 6.71. The predicted octanol–water partition coefficient (Wildman–Crippen LogP) is 0.738. The molecule has 4 N–H and O–H groups in total. The van der Waals surface area contributed by atoms with E-state index in [4.69, 9.17) is 27.9 Å². The van der Waals surface area contributed by atoms with Gasteiger partial charge in [-0.05, 0) is 18.2 Å². The third-order valence-corrected chi connectivity index (χ3v) is 3.61. The standard InChI is InChI=1S/C13H19ClN4O/c14-10-1-2-12(11(9-10)13(15)16)18-5-3-17(4-6-18)7-8-19/h1-2,9,19H,3-8H2,(H3,15,16). The number of piperazine rings is 1. The summed E-state index contributed by atoms with van der Waals surface area (Å²) < 4.78 is 0. The number of aliphatic hydroxyl groups excluding tert-OH is 1. The predicted molar refractivity (Wildman–Crippen MR) is 78.2 cm³/mol. The fraction of sp³-hybridized carbons (Fsp3) is 0.462. The van der Waals surface area contributed by atoms with Crippen molar-refractivity contribution >= 4 is 23.1 Å². The van der Waals surface area contributed by atoms with Crippen molar-refractivity contribution in [2.24, 2.45) is 5.73 Å². The molecule has 5 nitrogen and oxygen atoms in total. The second-order valence-electron chi connectivity index (χ2n) is 4.63. The lowest BCUT2D eigenvalue weighted by Crippen LogP contribution is -2.47. The molecule has 0 radical (unpaired) electrons. The molecule has 1 heterocycles. The Kier molecular flexibility index (Phi) is 4.63. The van der Waals surface area contributed by atoms with Crippen LogP contribution in [0.1, 0.15) is 5.56 Å². The number of hydrogen-bond donors (Lipinski definition) is 3. The van der Waals surface area contributed by atoms with Crippen LogP contribution in [0.15, 0.2) is 18.2 Å². The minimum Gasteiger partial charge on any atom is -0.395 e. The van der Waals surface area contributed by atoms with E-state index in [1.54, 1.807) is 6.07 Å². The number of nitrogen functional groups attached to an aromatic ring is 1. The molecule has 1 aromatic rings. The van der Waals surface area contributed by atoms with Crippen LogP contribution in [-0.2, 0) is 0 Å². The highest BCUT2D eigenvalue weighted by Gasteiger charge is 2.19. The summed E-state index contributed by atoms with van der Waals surface area (Å²) in [5, 5.41) is 17.2. The third-order valence-electron chi connectivity index (χ3n) is 3.38. The molecule has 0 aromatic heterocycles. The van der Waals surface area contributed by atoms with Gasteiger partial charge in [-0.2, -0.15) is 0 Å². The highest BCUT2D eigenvalue weighted by atomic mass is 35.5. The molecule has 0 unspecified atom stereocenters. The maximum atomic E-state index is 8.93. The van der Waals surface area contributed by atoms with E-state index >= 15 is 0 Å². The Morgan fingerprint density at radius 1 is 1.32 bits per heavy atom. The van der Waals surface area contributed by atoms with Gasteiger partial charge in [-0.25, -0.2) is 0 Å². The van der Waals surface area contributed by atoms with Gasteiger partial charge in [0.15, 0.2) is 0 Å². The summed E-state index contributed by atoms with van der Waals surface area (Å²) in [5.41, 5.74) is 7.26. The van der Waals surface area contributed by atoms with Crippen molar-refractivity contribution in [3.05, 3.63) is 28.8 Å². The molecular weight excluding hydrogens is 264 g/mol. The van der Waals surface area contributed by atoms with Crippen molar-refractivity contribution in [3.8, 4) is 0 Å². The molecule has 0 saturated carbocycles. The van der Waals surface area contributed by atoms with E-state index in [1.807, 2.05) is 12.1 Å². The lowest BCUT2D eigenvalue weighted by atomic mass is 10.1. The quantitative estimate of drug-likeness (QED) is 0.562. The van der Waals surface area contributed by atoms with E-state index in [-0.39, 0.29) is 12.4 Å².